The molecule has 0 saturated heterocycles. The molecule has 0 aliphatic carbocycles. The molecule has 3 aromatic rings. The molecule has 0 bridgehead atoms. The Balaban J connectivity index is 0.00000280. The van der Waals surface area contributed by atoms with Crippen molar-refractivity contribution in [2.24, 2.45) is 7.05 Å². The average Bonchev–Trinajstić information content (AvgIpc) is 3.20. The molecule has 0 radical (unpaired) electrons. The molecule has 1 amide bonds. The fraction of sp³-hybridized carbons (Fsp3) is 0.421. The molecule has 3 rings (SSSR count). The van der Waals surface area contributed by atoms with E-state index in [2.05, 4.69) is 10.00 Å². The summed E-state index contributed by atoms with van der Waals surface area (Å²) in [5.74, 6) is 0.636. The number of benzene rings is 1. The molecule has 2 heterocycles. The molecular weight excluding hydrogens is 398 g/mol. The first-order chi connectivity index (χ1) is 12.9. The number of hydrogen-bond acceptors (Lipinski definition) is 6. The van der Waals surface area contributed by atoms with Gasteiger partial charge in [-0.05, 0) is 51.7 Å². The number of methoxy groups -OCH3 is 1. The Bertz CT molecular complexity index is 934. The number of rotatable bonds is 7. The maximum absolute atomic E-state index is 13.3. The predicted molar refractivity (Wildman–Crippen MR) is 116 cm³/mol. The van der Waals surface area contributed by atoms with E-state index in [1.54, 1.807) is 29.9 Å². The van der Waals surface area contributed by atoms with Crippen LogP contribution in [0.2, 0.25) is 0 Å². The number of nitrogens with zero attached hydrogens (tertiary/aromatic N) is 5. The normalized spacial score (nSPS) is 10.9. The third-order valence-corrected chi connectivity index (χ3v) is 5.42. The Labute approximate surface area is 175 Å². The van der Waals surface area contributed by atoms with Gasteiger partial charge in [-0.3, -0.25) is 14.4 Å². The monoisotopic (exact) mass is 423 g/mol. The third kappa shape index (κ3) is 4.45. The minimum atomic E-state index is -0.0794. The van der Waals surface area contributed by atoms with Gasteiger partial charge in [-0.2, -0.15) is 5.10 Å². The van der Waals surface area contributed by atoms with Gasteiger partial charge in [0, 0.05) is 13.6 Å². The molecule has 0 N–H and O–H groups in total. The summed E-state index contributed by atoms with van der Waals surface area (Å²) in [7, 11) is 7.48. The van der Waals surface area contributed by atoms with E-state index in [0.29, 0.717) is 23.1 Å². The van der Waals surface area contributed by atoms with Crippen molar-refractivity contribution in [3.8, 4) is 5.75 Å². The molecule has 7 nitrogen and oxygen atoms in total. The molecule has 0 spiro atoms. The van der Waals surface area contributed by atoms with Crippen LogP contribution in [0.15, 0.2) is 24.4 Å². The van der Waals surface area contributed by atoms with Crippen molar-refractivity contribution < 1.29 is 9.53 Å². The summed E-state index contributed by atoms with van der Waals surface area (Å²) in [6.45, 7) is 3.38. The lowest BCUT2D eigenvalue weighted by molar-refractivity contribution is 0.0976. The van der Waals surface area contributed by atoms with Crippen molar-refractivity contribution in [2.45, 2.75) is 13.3 Å². The van der Waals surface area contributed by atoms with Crippen LogP contribution in [-0.4, -0.2) is 59.9 Å². The fourth-order valence-electron chi connectivity index (χ4n) is 3.00. The van der Waals surface area contributed by atoms with Gasteiger partial charge in [0.1, 0.15) is 17.0 Å². The Kier molecular flexibility index (Phi) is 7.40. The predicted octanol–water partition coefficient (Wildman–Crippen LogP) is 3.37. The van der Waals surface area contributed by atoms with Gasteiger partial charge in [0.05, 0.1) is 18.0 Å². The SMILES string of the molecule is COc1cccc2sc(N(CCCN(C)C)C(=O)c3c(C)cnn3C)nc12.Cl. The number of thiazole rings is 1. The fourth-order valence-corrected chi connectivity index (χ4v) is 4.01. The standard InChI is InChI=1S/C19H25N5O2S.ClH/c1-13-12-20-23(4)17(13)18(25)24(11-7-10-22(2)3)19-21-16-14(26-5)8-6-9-15(16)27-19;/h6,8-9,12H,7,10-11H2,1-5H3;1H. The number of halogens is 1. The van der Waals surface area contributed by atoms with Crippen LogP contribution >= 0.6 is 23.7 Å². The molecule has 1 aromatic carbocycles. The molecule has 0 atom stereocenters. The Morgan fingerprint density at radius 2 is 2.04 bits per heavy atom. The zero-order valence-electron chi connectivity index (χ0n) is 16.8. The van der Waals surface area contributed by atoms with Crippen molar-refractivity contribution in [1.29, 1.82) is 0 Å². The van der Waals surface area contributed by atoms with Crippen molar-refractivity contribution in [1.82, 2.24) is 19.7 Å². The van der Waals surface area contributed by atoms with Crippen LogP contribution in [0.5, 0.6) is 5.75 Å². The van der Waals surface area contributed by atoms with Gasteiger partial charge in [-0.1, -0.05) is 17.4 Å². The first-order valence-electron chi connectivity index (χ1n) is 8.81. The Morgan fingerprint density at radius 3 is 2.64 bits per heavy atom. The lowest BCUT2D eigenvalue weighted by Crippen LogP contribution is -2.35. The molecule has 152 valence electrons. The highest BCUT2D eigenvalue weighted by molar-refractivity contribution is 7.22. The molecule has 0 saturated carbocycles. The smallest absolute Gasteiger partial charge is 0.278 e. The maximum Gasteiger partial charge on any atom is 0.278 e. The molecule has 0 aliphatic rings. The first kappa shape index (κ1) is 22.1. The highest BCUT2D eigenvalue weighted by atomic mass is 35.5. The van der Waals surface area contributed by atoms with E-state index in [1.807, 2.05) is 39.2 Å². The number of anilines is 1. The second-order valence-electron chi connectivity index (χ2n) is 6.72. The van der Waals surface area contributed by atoms with E-state index in [1.165, 1.54) is 11.3 Å². The summed E-state index contributed by atoms with van der Waals surface area (Å²) in [4.78, 5) is 21.9. The highest BCUT2D eigenvalue weighted by Crippen LogP contribution is 2.34. The number of carbonyl (C=O) groups is 1. The largest absolute Gasteiger partial charge is 0.494 e. The van der Waals surface area contributed by atoms with E-state index < -0.39 is 0 Å². The molecule has 2 aromatic heterocycles. The van der Waals surface area contributed by atoms with Crippen molar-refractivity contribution in [3.63, 3.8) is 0 Å². The number of aromatic nitrogens is 3. The number of ether oxygens (including phenoxy) is 1. The van der Waals surface area contributed by atoms with Gasteiger partial charge in [0.15, 0.2) is 5.13 Å². The van der Waals surface area contributed by atoms with Crippen LogP contribution in [0.3, 0.4) is 0 Å². The number of para-hydroxylation sites is 1. The summed E-state index contributed by atoms with van der Waals surface area (Å²) in [6, 6.07) is 5.82. The lowest BCUT2D eigenvalue weighted by atomic mass is 10.2. The van der Waals surface area contributed by atoms with Gasteiger partial charge in [0.25, 0.3) is 5.91 Å². The topological polar surface area (TPSA) is 63.5 Å². The third-order valence-electron chi connectivity index (χ3n) is 4.38. The summed E-state index contributed by atoms with van der Waals surface area (Å²) < 4.78 is 8.05. The summed E-state index contributed by atoms with van der Waals surface area (Å²) in [6.07, 6.45) is 2.56. The van der Waals surface area contributed by atoms with Crippen LogP contribution in [0.25, 0.3) is 10.2 Å². The zero-order valence-corrected chi connectivity index (χ0v) is 18.4. The molecule has 0 fully saturated rings. The minimum Gasteiger partial charge on any atom is -0.494 e. The number of aryl methyl sites for hydroxylation is 2. The number of amides is 1. The molecule has 9 heteroatoms. The van der Waals surface area contributed by atoms with Gasteiger partial charge in [-0.25, -0.2) is 4.98 Å². The van der Waals surface area contributed by atoms with E-state index in [9.17, 15) is 4.79 Å². The second kappa shape index (κ2) is 9.36. The van der Waals surface area contributed by atoms with E-state index >= 15 is 0 Å². The second-order valence-corrected chi connectivity index (χ2v) is 7.73. The van der Waals surface area contributed by atoms with Crippen LogP contribution < -0.4 is 9.64 Å². The molecule has 0 aliphatic heterocycles. The number of carbonyl (C=O) groups excluding carboxylic acids is 1. The van der Waals surface area contributed by atoms with Crippen LogP contribution in [-0.2, 0) is 7.05 Å². The molecular formula is C19H26ClN5O2S. The van der Waals surface area contributed by atoms with E-state index in [4.69, 9.17) is 9.72 Å². The summed E-state index contributed by atoms with van der Waals surface area (Å²) >= 11 is 1.50. The van der Waals surface area contributed by atoms with Crippen LogP contribution in [0.1, 0.15) is 22.5 Å². The van der Waals surface area contributed by atoms with E-state index in [-0.39, 0.29) is 18.3 Å². The maximum atomic E-state index is 13.3. The van der Waals surface area contributed by atoms with E-state index in [0.717, 1.165) is 28.7 Å². The number of hydrogen-bond donors (Lipinski definition) is 0. The lowest BCUT2D eigenvalue weighted by Gasteiger charge is -2.21. The molecule has 28 heavy (non-hydrogen) atoms. The first-order valence-corrected chi connectivity index (χ1v) is 9.62. The summed E-state index contributed by atoms with van der Waals surface area (Å²) in [5, 5.41) is 4.90. The molecule has 0 unspecified atom stereocenters. The van der Waals surface area contributed by atoms with Crippen molar-refractivity contribution >= 4 is 45.0 Å². The quantitative estimate of drug-likeness (QED) is 0.583. The van der Waals surface area contributed by atoms with Crippen molar-refractivity contribution in [2.75, 3.05) is 39.2 Å². The summed E-state index contributed by atoms with van der Waals surface area (Å²) in [5.41, 5.74) is 2.23. The van der Waals surface area contributed by atoms with Crippen LogP contribution in [0.4, 0.5) is 5.13 Å². The number of fused-ring (bicyclic) bond motifs is 1. The van der Waals surface area contributed by atoms with Crippen LogP contribution in [0, 0.1) is 6.92 Å². The van der Waals surface area contributed by atoms with Gasteiger partial charge < -0.3 is 9.64 Å². The zero-order chi connectivity index (χ0) is 19.6. The van der Waals surface area contributed by atoms with Gasteiger partial charge in [-0.15, -0.1) is 12.4 Å². The van der Waals surface area contributed by atoms with Crippen molar-refractivity contribution in [3.05, 3.63) is 35.7 Å². The Morgan fingerprint density at radius 1 is 1.29 bits per heavy atom. The Hall–Kier alpha value is -2.16. The van der Waals surface area contributed by atoms with Gasteiger partial charge >= 0.3 is 0 Å². The highest BCUT2D eigenvalue weighted by Gasteiger charge is 2.25. The minimum absolute atomic E-state index is 0. The average molecular weight is 424 g/mol. The van der Waals surface area contributed by atoms with Gasteiger partial charge in [0.2, 0.25) is 0 Å².